The van der Waals surface area contributed by atoms with Gasteiger partial charge in [0.05, 0.1) is 24.5 Å². The summed E-state index contributed by atoms with van der Waals surface area (Å²) in [4.78, 5) is 47.2. The third-order valence-corrected chi connectivity index (χ3v) is 8.15. The minimum Gasteiger partial charge on any atom is -0.494 e. The SMILES string of the molecule is C=CCN(C(=O)[C@@H]1[C@@H]2CCC3(O2)C(C(=O)N(CC=C)C(C)C)N(CCCO)C(=O)[C@H]13)c1ccc(OCC)cc1. The van der Waals surface area contributed by atoms with Gasteiger partial charge >= 0.3 is 0 Å². The van der Waals surface area contributed by atoms with Crippen molar-refractivity contribution in [3.8, 4) is 5.75 Å². The van der Waals surface area contributed by atoms with Gasteiger partial charge in [-0.3, -0.25) is 14.4 Å². The summed E-state index contributed by atoms with van der Waals surface area (Å²) in [5.74, 6) is -1.47. The molecule has 0 aliphatic carbocycles. The lowest BCUT2D eigenvalue weighted by Crippen LogP contribution is -2.57. The second-order valence-corrected chi connectivity index (χ2v) is 10.7. The van der Waals surface area contributed by atoms with E-state index in [1.54, 1.807) is 26.9 Å². The molecule has 0 radical (unpaired) electrons. The van der Waals surface area contributed by atoms with Crippen molar-refractivity contribution in [1.82, 2.24) is 9.80 Å². The van der Waals surface area contributed by atoms with Crippen LogP contribution < -0.4 is 9.64 Å². The summed E-state index contributed by atoms with van der Waals surface area (Å²) in [6.45, 7) is 14.6. The lowest BCUT2D eigenvalue weighted by Gasteiger charge is -2.38. The van der Waals surface area contributed by atoms with Crippen molar-refractivity contribution in [2.45, 2.75) is 63.8 Å². The number of carbonyl (C=O) groups excluding carboxylic acids is 3. The third kappa shape index (κ3) is 4.98. The number of hydrogen-bond acceptors (Lipinski definition) is 6. The molecule has 5 atom stereocenters. The summed E-state index contributed by atoms with van der Waals surface area (Å²) < 4.78 is 12.1. The molecule has 1 aromatic rings. The molecule has 4 rings (SSSR count). The molecule has 3 heterocycles. The van der Waals surface area contributed by atoms with Gasteiger partial charge in [0.15, 0.2) is 0 Å². The molecule has 9 heteroatoms. The van der Waals surface area contributed by atoms with Gasteiger partial charge in [-0.1, -0.05) is 12.2 Å². The minimum atomic E-state index is -1.08. The monoisotopic (exact) mass is 539 g/mol. The molecule has 0 aromatic heterocycles. The largest absolute Gasteiger partial charge is 0.494 e. The number of benzene rings is 1. The number of anilines is 1. The lowest BCUT2D eigenvalue weighted by molar-refractivity contribution is -0.149. The average molecular weight is 540 g/mol. The molecule has 1 N–H and O–H groups in total. The molecule has 39 heavy (non-hydrogen) atoms. The molecular formula is C30H41N3O6. The molecule has 0 saturated carbocycles. The number of nitrogens with zero attached hydrogens (tertiary/aromatic N) is 3. The van der Waals surface area contributed by atoms with Gasteiger partial charge in [0.2, 0.25) is 17.7 Å². The van der Waals surface area contributed by atoms with Gasteiger partial charge in [-0.15, -0.1) is 13.2 Å². The number of aliphatic hydroxyl groups is 1. The topological polar surface area (TPSA) is 99.6 Å². The van der Waals surface area contributed by atoms with E-state index in [2.05, 4.69) is 13.2 Å². The Morgan fingerprint density at radius 2 is 1.90 bits per heavy atom. The van der Waals surface area contributed by atoms with Crippen LogP contribution in [0.15, 0.2) is 49.6 Å². The van der Waals surface area contributed by atoms with Gasteiger partial charge in [-0.05, 0) is 64.3 Å². The van der Waals surface area contributed by atoms with Gasteiger partial charge < -0.3 is 29.3 Å². The molecule has 2 unspecified atom stereocenters. The summed E-state index contributed by atoms with van der Waals surface area (Å²) in [5.41, 5.74) is -0.408. The first-order valence-electron chi connectivity index (χ1n) is 13.9. The maximum absolute atomic E-state index is 14.2. The van der Waals surface area contributed by atoms with Crippen LogP contribution in [0.1, 0.15) is 40.0 Å². The van der Waals surface area contributed by atoms with Crippen LogP contribution in [-0.2, 0) is 19.1 Å². The number of fused-ring (bicyclic) bond motifs is 1. The molecule has 1 aromatic carbocycles. The molecular weight excluding hydrogens is 498 g/mol. The Labute approximate surface area is 231 Å². The van der Waals surface area contributed by atoms with Crippen LogP contribution in [0, 0.1) is 11.8 Å². The van der Waals surface area contributed by atoms with E-state index in [-0.39, 0.29) is 43.5 Å². The normalized spacial score (nSPS) is 27.0. The van der Waals surface area contributed by atoms with E-state index in [9.17, 15) is 19.5 Å². The Bertz CT molecular complexity index is 1090. The standard InChI is InChI=1S/C30H41N3O6/c1-6-16-31(20(4)5)29(37)26-30-15-14-23(39-30)24(25(30)28(36)33(26)18-9-19-34)27(35)32(17-7-2)21-10-12-22(13-11-21)38-8-3/h6-7,10-13,20,23-26,34H,1-2,8-9,14-19H2,3-5H3/t23-,24+,25-,26?,30?/m0/s1. The molecule has 1 spiro atoms. The Morgan fingerprint density at radius 3 is 2.49 bits per heavy atom. The van der Waals surface area contributed by atoms with E-state index < -0.39 is 29.6 Å². The van der Waals surface area contributed by atoms with Crippen molar-refractivity contribution in [1.29, 1.82) is 0 Å². The molecule has 9 nitrogen and oxygen atoms in total. The van der Waals surface area contributed by atoms with E-state index in [0.29, 0.717) is 43.9 Å². The minimum absolute atomic E-state index is 0.112. The quantitative estimate of drug-likeness (QED) is 0.387. The van der Waals surface area contributed by atoms with E-state index >= 15 is 0 Å². The summed E-state index contributed by atoms with van der Waals surface area (Å²) in [6, 6.07) is 6.30. The van der Waals surface area contributed by atoms with Crippen LogP contribution in [0.25, 0.3) is 0 Å². The van der Waals surface area contributed by atoms with Crippen molar-refractivity contribution in [3.05, 3.63) is 49.6 Å². The van der Waals surface area contributed by atoms with Gasteiger partial charge in [0.1, 0.15) is 17.4 Å². The summed E-state index contributed by atoms with van der Waals surface area (Å²) in [6.07, 6.45) is 4.32. The van der Waals surface area contributed by atoms with Crippen molar-refractivity contribution >= 4 is 23.4 Å². The summed E-state index contributed by atoms with van der Waals surface area (Å²) >= 11 is 0. The molecule has 3 fully saturated rings. The maximum atomic E-state index is 14.2. The van der Waals surface area contributed by atoms with Gasteiger partial charge in [0.25, 0.3) is 0 Å². The van der Waals surface area contributed by atoms with Crippen LogP contribution in [0.3, 0.4) is 0 Å². The fourth-order valence-corrected chi connectivity index (χ4v) is 6.57. The summed E-state index contributed by atoms with van der Waals surface area (Å²) in [7, 11) is 0. The van der Waals surface area contributed by atoms with Gasteiger partial charge in [-0.25, -0.2) is 0 Å². The van der Waals surface area contributed by atoms with Crippen LogP contribution in [0.5, 0.6) is 5.75 Å². The predicted molar refractivity (Wildman–Crippen MR) is 148 cm³/mol. The molecule has 212 valence electrons. The first-order chi connectivity index (χ1) is 18.7. The van der Waals surface area contributed by atoms with Crippen LogP contribution in [-0.4, -0.2) is 89.3 Å². The number of ether oxygens (including phenoxy) is 2. The van der Waals surface area contributed by atoms with E-state index in [1.807, 2.05) is 45.0 Å². The van der Waals surface area contributed by atoms with Crippen molar-refractivity contribution in [2.75, 3.05) is 37.7 Å². The predicted octanol–water partition coefficient (Wildman–Crippen LogP) is 2.78. The second-order valence-electron chi connectivity index (χ2n) is 10.7. The third-order valence-electron chi connectivity index (χ3n) is 8.15. The van der Waals surface area contributed by atoms with E-state index in [0.717, 1.165) is 0 Å². The van der Waals surface area contributed by atoms with E-state index in [4.69, 9.17) is 9.47 Å². The number of rotatable bonds is 13. The van der Waals surface area contributed by atoms with Gasteiger partial charge in [-0.2, -0.15) is 0 Å². The number of aliphatic hydroxyl groups excluding tert-OH is 1. The first-order valence-corrected chi connectivity index (χ1v) is 13.9. The highest BCUT2D eigenvalue weighted by Gasteiger charge is 2.74. The zero-order chi connectivity index (χ0) is 28.3. The zero-order valence-electron chi connectivity index (χ0n) is 23.3. The highest BCUT2D eigenvalue weighted by atomic mass is 16.5. The Kier molecular flexibility index (Phi) is 8.81. The molecule has 2 bridgehead atoms. The second kappa shape index (κ2) is 11.9. The molecule has 3 amide bonds. The fourth-order valence-electron chi connectivity index (χ4n) is 6.57. The highest BCUT2D eigenvalue weighted by Crippen LogP contribution is 2.59. The Morgan fingerprint density at radius 1 is 1.21 bits per heavy atom. The van der Waals surface area contributed by atoms with Crippen molar-refractivity contribution < 1.29 is 29.0 Å². The first kappa shape index (κ1) is 28.8. The van der Waals surface area contributed by atoms with Crippen LogP contribution in [0.4, 0.5) is 5.69 Å². The Hall–Kier alpha value is -3.17. The van der Waals surface area contributed by atoms with Crippen molar-refractivity contribution in [3.63, 3.8) is 0 Å². The zero-order valence-corrected chi connectivity index (χ0v) is 23.3. The summed E-state index contributed by atoms with van der Waals surface area (Å²) in [5, 5.41) is 9.55. The molecule has 3 aliphatic rings. The number of amides is 3. The van der Waals surface area contributed by atoms with Crippen LogP contribution >= 0.6 is 0 Å². The van der Waals surface area contributed by atoms with Gasteiger partial charge in [0, 0.05) is 38.0 Å². The highest BCUT2D eigenvalue weighted by molar-refractivity contribution is 6.03. The van der Waals surface area contributed by atoms with Crippen LogP contribution in [0.2, 0.25) is 0 Å². The molecule has 3 saturated heterocycles. The smallest absolute Gasteiger partial charge is 0.248 e. The van der Waals surface area contributed by atoms with E-state index in [1.165, 1.54) is 0 Å². The fraction of sp³-hybridized carbons (Fsp3) is 0.567. The number of carbonyl (C=O) groups is 3. The average Bonchev–Trinajstić information content (AvgIpc) is 3.56. The number of likely N-dealkylation sites (tertiary alicyclic amines) is 1. The maximum Gasteiger partial charge on any atom is 0.248 e. The molecule has 3 aliphatic heterocycles. The Balaban J connectivity index is 1.71. The van der Waals surface area contributed by atoms with Crippen molar-refractivity contribution in [2.24, 2.45) is 11.8 Å². The number of hydrogen-bond donors (Lipinski definition) is 1. The lowest BCUT2D eigenvalue weighted by atomic mass is 9.70.